The van der Waals surface area contributed by atoms with Crippen LogP contribution in [0.5, 0.6) is 0 Å². The number of benzene rings is 1. The highest BCUT2D eigenvalue weighted by Crippen LogP contribution is 2.29. The largest absolute Gasteiger partial charge is 0.397 e. The monoisotopic (exact) mass is 430 g/mol. The van der Waals surface area contributed by atoms with Crippen molar-refractivity contribution in [3.63, 3.8) is 0 Å². The van der Waals surface area contributed by atoms with Gasteiger partial charge in [-0.1, -0.05) is 0 Å². The number of pyridine rings is 1. The maximum Gasteiger partial charge on any atom is 0.214 e. The minimum absolute atomic E-state index is 0.0893. The van der Waals surface area contributed by atoms with Crippen molar-refractivity contribution in [2.45, 2.75) is 6.92 Å². The molecule has 1 aromatic heterocycles. The summed E-state index contributed by atoms with van der Waals surface area (Å²) in [6.07, 6.45) is 2.43. The lowest BCUT2D eigenvalue weighted by molar-refractivity contribution is 0.103. The van der Waals surface area contributed by atoms with Gasteiger partial charge in [0, 0.05) is 53.9 Å². The second-order valence-electron chi connectivity index (χ2n) is 4.43. The van der Waals surface area contributed by atoms with Crippen molar-refractivity contribution in [1.82, 2.24) is 4.98 Å². The molecule has 8 heteroatoms. The summed E-state index contributed by atoms with van der Waals surface area (Å²) in [7, 11) is 1.15. The zero-order valence-electron chi connectivity index (χ0n) is 11.5. The average molecular weight is 430 g/mol. The highest BCUT2D eigenvalue weighted by molar-refractivity contribution is 14.2. The highest BCUT2D eigenvalue weighted by atomic mass is 127. The molecular formula is C14H12FIN4OS. The van der Waals surface area contributed by atoms with Crippen LogP contribution in [0, 0.1) is 18.2 Å². The molecule has 0 bridgehead atoms. The molecule has 0 unspecified atom stereocenters. The van der Waals surface area contributed by atoms with E-state index < -0.39 is 11.6 Å². The van der Waals surface area contributed by atoms with Gasteiger partial charge in [0.2, 0.25) is 5.78 Å². The van der Waals surface area contributed by atoms with Crippen LogP contribution in [0.2, 0.25) is 0 Å². The van der Waals surface area contributed by atoms with Gasteiger partial charge in [0.15, 0.2) is 0 Å². The first-order valence-corrected chi connectivity index (χ1v) is 9.49. The number of aryl methyl sites for hydroxylation is 1. The summed E-state index contributed by atoms with van der Waals surface area (Å²) >= 11 is 1.94. The number of hydrogen-bond acceptors (Lipinski definition) is 6. The number of nitrogens with two attached hydrogens (primary N) is 1. The first kappa shape index (κ1) is 16.7. The molecule has 22 heavy (non-hydrogen) atoms. The molecule has 0 saturated heterocycles. The van der Waals surface area contributed by atoms with Crippen LogP contribution in [-0.4, -0.2) is 17.0 Å². The second kappa shape index (κ2) is 7.05. The summed E-state index contributed by atoms with van der Waals surface area (Å²) in [6.45, 7) is 1.77. The van der Waals surface area contributed by atoms with Gasteiger partial charge in [0.25, 0.3) is 0 Å². The zero-order valence-corrected chi connectivity index (χ0v) is 14.5. The predicted octanol–water partition coefficient (Wildman–Crippen LogP) is 3.75. The van der Waals surface area contributed by atoms with Crippen LogP contribution in [0.25, 0.3) is 0 Å². The number of aromatic nitrogens is 1. The lowest BCUT2D eigenvalue weighted by Gasteiger charge is -2.12. The third-order valence-electron chi connectivity index (χ3n) is 3.15. The van der Waals surface area contributed by atoms with Crippen LogP contribution in [0.15, 0.2) is 24.4 Å². The molecule has 0 fully saturated rings. The number of rotatable bonds is 5. The van der Waals surface area contributed by atoms with Crippen molar-refractivity contribution in [1.29, 1.82) is 5.41 Å². The van der Waals surface area contributed by atoms with E-state index in [2.05, 4.69) is 9.71 Å². The minimum atomic E-state index is -0.538. The topological polar surface area (TPSA) is 91.9 Å². The Morgan fingerprint density at radius 3 is 2.86 bits per heavy atom. The number of anilines is 2. The molecule has 0 atom stereocenters. The molecule has 0 saturated carbocycles. The maximum absolute atomic E-state index is 13.9. The van der Waals surface area contributed by atoms with E-state index in [1.165, 1.54) is 18.3 Å². The fourth-order valence-corrected chi connectivity index (χ4v) is 2.91. The van der Waals surface area contributed by atoms with E-state index in [1.54, 1.807) is 13.0 Å². The SMILES string of the molecule is Cc1ccnc(C(=O)c2ccc(F)c(NSI)c2C=N)c1N. The van der Waals surface area contributed by atoms with Crippen molar-refractivity contribution in [3.8, 4) is 0 Å². The summed E-state index contributed by atoms with van der Waals surface area (Å²) in [5.74, 6) is -0.981. The number of halogens is 2. The average Bonchev–Trinajstić information content (AvgIpc) is 2.51. The second-order valence-corrected chi connectivity index (χ2v) is 6.11. The molecular weight excluding hydrogens is 418 g/mol. The van der Waals surface area contributed by atoms with Crippen molar-refractivity contribution in [2.75, 3.05) is 10.5 Å². The van der Waals surface area contributed by atoms with E-state index >= 15 is 0 Å². The Kier molecular flexibility index (Phi) is 5.35. The van der Waals surface area contributed by atoms with Crippen LogP contribution in [-0.2, 0) is 0 Å². The summed E-state index contributed by atoms with van der Waals surface area (Å²) in [5.41, 5.74) is 7.45. The maximum atomic E-state index is 13.9. The molecule has 0 aliphatic heterocycles. The number of nitrogen functional groups attached to an aromatic ring is 1. The minimum Gasteiger partial charge on any atom is -0.397 e. The van der Waals surface area contributed by atoms with Gasteiger partial charge < -0.3 is 15.9 Å². The summed E-state index contributed by atoms with van der Waals surface area (Å²) in [4.78, 5) is 16.7. The lowest BCUT2D eigenvalue weighted by atomic mass is 9.98. The fourth-order valence-electron chi connectivity index (χ4n) is 1.96. The van der Waals surface area contributed by atoms with Crippen LogP contribution in [0.3, 0.4) is 0 Å². The quantitative estimate of drug-likeness (QED) is 0.291. The highest BCUT2D eigenvalue weighted by Gasteiger charge is 2.21. The number of carbonyl (C=O) groups is 1. The molecule has 2 aromatic rings. The summed E-state index contributed by atoms with van der Waals surface area (Å²) in [5, 5.41) is 7.50. The molecule has 4 N–H and O–H groups in total. The number of nitrogens with one attached hydrogen (secondary N) is 2. The van der Waals surface area contributed by atoms with Gasteiger partial charge in [-0.3, -0.25) is 9.78 Å². The van der Waals surface area contributed by atoms with Gasteiger partial charge in [-0.15, -0.1) is 0 Å². The van der Waals surface area contributed by atoms with Gasteiger partial charge >= 0.3 is 0 Å². The Bertz CT molecular complexity index is 754. The van der Waals surface area contributed by atoms with Crippen molar-refractivity contribution >= 4 is 53.7 Å². The number of nitrogens with zero attached hydrogens (tertiary/aromatic N) is 1. The summed E-state index contributed by atoms with van der Waals surface area (Å²) in [6, 6.07) is 4.22. The Balaban J connectivity index is 2.61. The Labute approximate surface area is 143 Å². The van der Waals surface area contributed by atoms with E-state index in [0.29, 0.717) is 0 Å². The standard InChI is InChI=1S/C14H12FIN4OS/c1-7-4-5-19-13(11(7)18)14(21)8-2-3-10(15)12(20-22-16)9(8)6-17/h2-6,17,20H,18H2,1H3. The number of carbonyl (C=O) groups excluding carboxylic acids is 1. The van der Waals surface area contributed by atoms with Gasteiger partial charge in [0.1, 0.15) is 11.5 Å². The van der Waals surface area contributed by atoms with E-state index in [0.717, 1.165) is 20.9 Å². The Morgan fingerprint density at radius 2 is 2.23 bits per heavy atom. The molecule has 0 radical (unpaired) electrons. The fraction of sp³-hybridized carbons (Fsp3) is 0.0714. The molecule has 114 valence electrons. The van der Waals surface area contributed by atoms with Crippen LogP contribution in [0.1, 0.15) is 27.2 Å². The molecule has 0 spiro atoms. The molecule has 0 aliphatic rings. The van der Waals surface area contributed by atoms with Crippen molar-refractivity contribution in [2.24, 2.45) is 0 Å². The van der Waals surface area contributed by atoms with E-state index in [-0.39, 0.29) is 28.2 Å². The van der Waals surface area contributed by atoms with Gasteiger partial charge in [0.05, 0.1) is 11.4 Å². The van der Waals surface area contributed by atoms with E-state index in [4.69, 9.17) is 11.1 Å². The molecule has 0 aliphatic carbocycles. The summed E-state index contributed by atoms with van der Waals surface area (Å²) < 4.78 is 16.6. The zero-order chi connectivity index (χ0) is 16.3. The van der Waals surface area contributed by atoms with Crippen molar-refractivity contribution in [3.05, 3.63) is 52.6 Å². The van der Waals surface area contributed by atoms with E-state index in [1.807, 2.05) is 21.2 Å². The van der Waals surface area contributed by atoms with Crippen molar-refractivity contribution < 1.29 is 9.18 Å². The lowest BCUT2D eigenvalue weighted by Crippen LogP contribution is -2.12. The molecule has 1 aromatic carbocycles. The third kappa shape index (κ3) is 3.07. The molecule has 2 rings (SSSR count). The Hall–Kier alpha value is -1.68. The van der Waals surface area contributed by atoms with Crippen LogP contribution >= 0.6 is 30.3 Å². The normalized spacial score (nSPS) is 10.3. The number of hydrogen-bond donors (Lipinski definition) is 3. The molecule has 5 nitrogen and oxygen atoms in total. The first-order valence-electron chi connectivity index (χ1n) is 6.13. The van der Waals surface area contributed by atoms with Gasteiger partial charge in [-0.05, 0) is 30.7 Å². The van der Waals surface area contributed by atoms with Gasteiger partial charge in [-0.25, -0.2) is 4.39 Å². The third-order valence-corrected chi connectivity index (χ3v) is 4.09. The molecule has 1 heterocycles. The van der Waals surface area contributed by atoms with Crippen LogP contribution in [0.4, 0.5) is 15.8 Å². The van der Waals surface area contributed by atoms with Crippen LogP contribution < -0.4 is 10.5 Å². The first-order chi connectivity index (χ1) is 10.5. The van der Waals surface area contributed by atoms with Gasteiger partial charge in [-0.2, -0.15) is 0 Å². The predicted molar refractivity (Wildman–Crippen MR) is 96.3 cm³/mol. The smallest absolute Gasteiger partial charge is 0.214 e. The Morgan fingerprint density at radius 1 is 1.50 bits per heavy atom. The number of ketones is 1. The van der Waals surface area contributed by atoms with E-state index in [9.17, 15) is 9.18 Å². The molecule has 0 amide bonds.